The van der Waals surface area contributed by atoms with Crippen molar-refractivity contribution < 1.29 is 18.1 Å². The molecule has 0 amide bonds. The quantitative estimate of drug-likeness (QED) is 0.776. The van der Waals surface area contributed by atoms with Crippen LogP contribution in [-0.2, 0) is 15.9 Å². The minimum Gasteiger partial charge on any atom is -0.399 e. The first-order valence-corrected chi connectivity index (χ1v) is 9.29. The van der Waals surface area contributed by atoms with Crippen LogP contribution in [-0.4, -0.2) is 28.8 Å². The predicted molar refractivity (Wildman–Crippen MR) is 102 cm³/mol. The van der Waals surface area contributed by atoms with E-state index in [0.717, 1.165) is 5.56 Å². The van der Waals surface area contributed by atoms with Crippen molar-refractivity contribution in [2.45, 2.75) is 71.0 Å². The van der Waals surface area contributed by atoms with Gasteiger partial charge in [-0.2, -0.15) is 0 Å². The second-order valence-electron chi connectivity index (χ2n) is 9.12. The first-order valence-electron chi connectivity index (χ1n) is 9.29. The highest BCUT2D eigenvalue weighted by Crippen LogP contribution is 2.39. The van der Waals surface area contributed by atoms with Gasteiger partial charge < -0.3 is 14.6 Å². The zero-order valence-corrected chi connectivity index (χ0v) is 16.6. The molecular formula is C20H25BF2N2O2. The lowest BCUT2D eigenvalue weighted by molar-refractivity contribution is 0.00578. The third-order valence-electron chi connectivity index (χ3n) is 6.24. The molecule has 7 heteroatoms. The van der Waals surface area contributed by atoms with E-state index in [1.165, 1.54) is 12.3 Å². The monoisotopic (exact) mass is 374 g/mol. The highest BCUT2D eigenvalue weighted by atomic mass is 19.1. The minimum absolute atomic E-state index is 0.239. The molecule has 0 radical (unpaired) electrons. The molecule has 0 saturated carbocycles. The molecule has 2 aromatic rings. The average Bonchev–Trinajstić information content (AvgIpc) is 2.78. The zero-order valence-electron chi connectivity index (χ0n) is 16.6. The average molecular weight is 374 g/mol. The molecular weight excluding hydrogens is 349 g/mol. The smallest absolute Gasteiger partial charge is 0.399 e. The van der Waals surface area contributed by atoms with Gasteiger partial charge in [0.1, 0.15) is 17.5 Å². The van der Waals surface area contributed by atoms with Crippen molar-refractivity contribution >= 4 is 23.5 Å². The summed E-state index contributed by atoms with van der Waals surface area (Å²) < 4.78 is 41.9. The fraction of sp³-hybridized carbons (Fsp3) is 0.550. The molecule has 1 aromatic heterocycles. The van der Waals surface area contributed by atoms with E-state index in [2.05, 4.69) is 10.3 Å². The summed E-state index contributed by atoms with van der Waals surface area (Å²) in [6.07, 6.45) is 0.240. The van der Waals surface area contributed by atoms with E-state index in [4.69, 9.17) is 9.31 Å². The van der Waals surface area contributed by atoms with Crippen LogP contribution in [0.4, 0.5) is 8.78 Å². The largest absolute Gasteiger partial charge is 0.494 e. The Morgan fingerprint density at radius 2 is 1.74 bits per heavy atom. The molecule has 27 heavy (non-hydrogen) atoms. The number of hydrogen-bond acceptors (Lipinski definition) is 4. The Kier molecular flexibility index (Phi) is 3.98. The number of alkyl halides is 1. The van der Waals surface area contributed by atoms with E-state index in [1.807, 2.05) is 47.6 Å². The molecule has 3 heterocycles. The normalized spacial score (nSPS) is 25.6. The highest BCUT2D eigenvalue weighted by Gasteiger charge is 2.52. The Morgan fingerprint density at radius 1 is 1.11 bits per heavy atom. The molecule has 1 fully saturated rings. The summed E-state index contributed by atoms with van der Waals surface area (Å²) in [5, 5.41) is 3.80. The number of nitrogens with one attached hydrogen (secondary N) is 1. The van der Waals surface area contributed by atoms with Crippen molar-refractivity contribution in [2.75, 3.05) is 0 Å². The first-order chi connectivity index (χ1) is 12.4. The summed E-state index contributed by atoms with van der Waals surface area (Å²) in [6, 6.07) is 3.22. The van der Waals surface area contributed by atoms with E-state index >= 15 is 0 Å². The van der Waals surface area contributed by atoms with Gasteiger partial charge in [-0.25, -0.2) is 8.78 Å². The highest BCUT2D eigenvalue weighted by molar-refractivity contribution is 6.62. The SMILES string of the molecule is CC1(C)NCc2c(cnc3c(F)cc(B4OC(C)(C)C(C)(C)O4)cc23)C1F. The van der Waals surface area contributed by atoms with E-state index in [1.54, 1.807) is 0 Å². The molecule has 1 unspecified atom stereocenters. The summed E-state index contributed by atoms with van der Waals surface area (Å²) in [5.41, 5.74) is 0.335. The number of fused-ring (bicyclic) bond motifs is 3. The molecule has 1 aromatic carbocycles. The number of nitrogens with zero attached hydrogens (tertiary/aromatic N) is 1. The molecule has 1 N–H and O–H groups in total. The number of aromatic nitrogens is 1. The van der Waals surface area contributed by atoms with Crippen LogP contribution in [0, 0.1) is 5.82 Å². The number of pyridine rings is 1. The molecule has 144 valence electrons. The van der Waals surface area contributed by atoms with Crippen LogP contribution in [0.1, 0.15) is 58.8 Å². The van der Waals surface area contributed by atoms with Gasteiger partial charge in [0.25, 0.3) is 0 Å². The molecule has 1 atom stereocenters. The first kappa shape index (κ1) is 18.8. The second-order valence-corrected chi connectivity index (χ2v) is 9.12. The molecule has 2 aliphatic heterocycles. The van der Waals surface area contributed by atoms with E-state index in [9.17, 15) is 8.78 Å². The lowest BCUT2D eigenvalue weighted by atomic mass is 9.77. The van der Waals surface area contributed by atoms with Gasteiger partial charge in [-0.1, -0.05) is 6.07 Å². The Balaban J connectivity index is 1.84. The summed E-state index contributed by atoms with van der Waals surface area (Å²) in [5.74, 6) is -0.458. The van der Waals surface area contributed by atoms with Crippen molar-refractivity contribution in [2.24, 2.45) is 0 Å². The van der Waals surface area contributed by atoms with Crippen LogP contribution >= 0.6 is 0 Å². The van der Waals surface area contributed by atoms with E-state index in [0.29, 0.717) is 23.0 Å². The molecule has 0 spiro atoms. The molecule has 4 rings (SSSR count). The van der Waals surface area contributed by atoms with Crippen molar-refractivity contribution in [3.8, 4) is 0 Å². The summed E-state index contributed by atoms with van der Waals surface area (Å²) in [7, 11) is -0.682. The maximum absolute atomic E-state index is 14.9. The van der Waals surface area contributed by atoms with Gasteiger partial charge in [-0.3, -0.25) is 4.98 Å². The van der Waals surface area contributed by atoms with Crippen LogP contribution in [0.25, 0.3) is 10.9 Å². The molecule has 0 aliphatic carbocycles. The fourth-order valence-electron chi connectivity index (χ4n) is 3.67. The Bertz CT molecular complexity index is 914. The summed E-state index contributed by atoms with van der Waals surface area (Å²) in [6.45, 7) is 11.9. The van der Waals surface area contributed by atoms with Gasteiger partial charge in [-0.05, 0) is 58.6 Å². The van der Waals surface area contributed by atoms with Gasteiger partial charge in [0.05, 0.1) is 11.2 Å². The van der Waals surface area contributed by atoms with Crippen molar-refractivity contribution in [1.82, 2.24) is 10.3 Å². The fourth-order valence-corrected chi connectivity index (χ4v) is 3.67. The van der Waals surface area contributed by atoms with Crippen LogP contribution < -0.4 is 10.8 Å². The van der Waals surface area contributed by atoms with Gasteiger partial charge in [0, 0.05) is 29.2 Å². The maximum atomic E-state index is 14.9. The maximum Gasteiger partial charge on any atom is 0.494 e. The van der Waals surface area contributed by atoms with Crippen LogP contribution in [0.3, 0.4) is 0 Å². The van der Waals surface area contributed by atoms with Crippen LogP contribution in [0.15, 0.2) is 18.3 Å². The molecule has 4 nitrogen and oxygen atoms in total. The van der Waals surface area contributed by atoms with Crippen molar-refractivity contribution in [3.63, 3.8) is 0 Å². The Labute approximate surface area is 158 Å². The second kappa shape index (κ2) is 5.72. The van der Waals surface area contributed by atoms with Crippen LogP contribution in [0.2, 0.25) is 0 Å². The lowest BCUT2D eigenvalue weighted by Gasteiger charge is -2.36. The zero-order chi connectivity index (χ0) is 19.8. The van der Waals surface area contributed by atoms with Gasteiger partial charge in [-0.15, -0.1) is 0 Å². The Morgan fingerprint density at radius 3 is 2.37 bits per heavy atom. The topological polar surface area (TPSA) is 43.4 Å². The van der Waals surface area contributed by atoms with Crippen molar-refractivity contribution in [1.29, 1.82) is 0 Å². The van der Waals surface area contributed by atoms with Gasteiger partial charge in [0.15, 0.2) is 0 Å². The minimum atomic E-state index is -1.22. The number of hydrogen-bond donors (Lipinski definition) is 1. The number of halogens is 2. The van der Waals surface area contributed by atoms with Crippen molar-refractivity contribution in [3.05, 3.63) is 35.3 Å². The standard InChI is InChI=1S/C20H25BF2N2O2/c1-18(2)17(23)14-9-24-16-12(13(14)10-25-18)7-11(8-15(16)22)21-26-19(3,4)20(5,6)27-21/h7-9,17,25H,10H2,1-6H3. The third-order valence-corrected chi connectivity index (χ3v) is 6.24. The molecule has 2 aliphatic rings. The third kappa shape index (κ3) is 2.79. The van der Waals surface area contributed by atoms with Crippen LogP contribution in [0.5, 0.6) is 0 Å². The van der Waals surface area contributed by atoms with Gasteiger partial charge >= 0.3 is 7.12 Å². The summed E-state index contributed by atoms with van der Waals surface area (Å²) >= 11 is 0. The number of benzene rings is 1. The van der Waals surface area contributed by atoms with E-state index in [-0.39, 0.29) is 5.52 Å². The Hall–Kier alpha value is -1.57. The molecule has 0 bridgehead atoms. The lowest BCUT2D eigenvalue weighted by Crippen LogP contribution is -2.46. The van der Waals surface area contributed by atoms with E-state index < -0.39 is 35.8 Å². The predicted octanol–water partition coefficient (Wildman–Crippen LogP) is 3.57. The van der Waals surface area contributed by atoms with Gasteiger partial charge in [0.2, 0.25) is 0 Å². The summed E-state index contributed by atoms with van der Waals surface area (Å²) in [4.78, 5) is 4.21. The number of rotatable bonds is 1. The molecule has 1 saturated heterocycles.